The summed E-state index contributed by atoms with van der Waals surface area (Å²) >= 11 is 10.2. The zero-order valence-corrected chi connectivity index (χ0v) is 5.62. The molecule has 5 heteroatoms. The van der Waals surface area contributed by atoms with Crippen molar-refractivity contribution in [3.8, 4) is 0 Å². The second-order valence-corrected chi connectivity index (χ2v) is 2.46. The van der Waals surface area contributed by atoms with Gasteiger partial charge in [0, 0.05) is 0 Å². The van der Waals surface area contributed by atoms with Gasteiger partial charge in [0.1, 0.15) is 0 Å². The molecule has 0 amide bonds. The van der Waals surface area contributed by atoms with Gasteiger partial charge in [-0.3, -0.25) is 5.32 Å². The van der Waals surface area contributed by atoms with Crippen molar-refractivity contribution >= 4 is 29.2 Å². The lowest BCUT2D eigenvalue weighted by Gasteiger charge is -2.10. The van der Waals surface area contributed by atoms with Crippen LogP contribution in [-0.4, -0.2) is 22.6 Å². The molecule has 0 atom stereocenters. The SMILES string of the molecule is CNC(Cl)(Cl)C(=O)O. The molecule has 0 unspecified atom stereocenters. The van der Waals surface area contributed by atoms with Gasteiger partial charge in [-0.05, 0) is 7.05 Å². The highest BCUT2D eigenvalue weighted by Crippen LogP contribution is 2.15. The first-order chi connectivity index (χ1) is 3.50. The number of halogens is 2. The average molecular weight is 158 g/mol. The Kier molecular flexibility index (Phi) is 2.53. The number of carbonyl (C=O) groups is 1. The van der Waals surface area contributed by atoms with E-state index in [0.29, 0.717) is 0 Å². The second kappa shape index (κ2) is 2.53. The molecule has 3 nitrogen and oxygen atoms in total. The Morgan fingerprint density at radius 3 is 2.12 bits per heavy atom. The van der Waals surface area contributed by atoms with Gasteiger partial charge in [0.15, 0.2) is 0 Å². The number of carboxylic acids is 1. The van der Waals surface area contributed by atoms with Crippen LogP contribution in [0.15, 0.2) is 0 Å². The summed E-state index contributed by atoms with van der Waals surface area (Å²) in [6.07, 6.45) is 0. The number of nitrogens with one attached hydrogen (secondary N) is 1. The van der Waals surface area contributed by atoms with E-state index in [0.717, 1.165) is 0 Å². The quantitative estimate of drug-likeness (QED) is 0.452. The van der Waals surface area contributed by atoms with Gasteiger partial charge in [0.05, 0.1) is 0 Å². The standard InChI is InChI=1S/C3H5Cl2NO2/c1-6-3(4,5)2(7)8/h6H,1H3,(H,7,8). The van der Waals surface area contributed by atoms with Crippen LogP contribution < -0.4 is 5.32 Å². The lowest BCUT2D eigenvalue weighted by Crippen LogP contribution is -2.39. The van der Waals surface area contributed by atoms with Crippen molar-refractivity contribution < 1.29 is 9.90 Å². The van der Waals surface area contributed by atoms with Gasteiger partial charge in [0.2, 0.25) is 0 Å². The third-order valence-corrected chi connectivity index (χ3v) is 1.28. The minimum Gasteiger partial charge on any atom is -0.478 e. The summed E-state index contributed by atoms with van der Waals surface area (Å²) in [5.74, 6) is -1.30. The summed E-state index contributed by atoms with van der Waals surface area (Å²) in [6, 6.07) is 0. The normalized spacial score (nSPS) is 11.4. The molecule has 0 aromatic heterocycles. The Hall–Kier alpha value is 0.01000. The minimum absolute atomic E-state index is 1.30. The van der Waals surface area contributed by atoms with E-state index in [9.17, 15) is 4.79 Å². The molecule has 0 spiro atoms. The van der Waals surface area contributed by atoms with Crippen LogP contribution in [0.1, 0.15) is 0 Å². The first-order valence-electron chi connectivity index (χ1n) is 1.81. The maximum atomic E-state index is 9.93. The van der Waals surface area contributed by atoms with Crippen LogP contribution in [-0.2, 0) is 4.79 Å². The Balaban J connectivity index is 3.91. The number of hydrogen-bond acceptors (Lipinski definition) is 2. The van der Waals surface area contributed by atoms with Crippen molar-refractivity contribution in [3.05, 3.63) is 0 Å². The van der Waals surface area contributed by atoms with Crippen LogP contribution in [0.25, 0.3) is 0 Å². The zero-order valence-electron chi connectivity index (χ0n) is 4.11. The van der Waals surface area contributed by atoms with Gasteiger partial charge in [-0.15, -0.1) is 0 Å². The van der Waals surface area contributed by atoms with E-state index in [2.05, 4.69) is 5.32 Å². The molecule has 0 saturated carbocycles. The van der Waals surface area contributed by atoms with E-state index in [1.54, 1.807) is 0 Å². The van der Waals surface area contributed by atoms with E-state index in [1.165, 1.54) is 7.05 Å². The van der Waals surface area contributed by atoms with Crippen LogP contribution in [0, 0.1) is 0 Å². The van der Waals surface area contributed by atoms with Gasteiger partial charge in [-0.2, -0.15) is 0 Å². The summed E-state index contributed by atoms with van der Waals surface area (Å²) in [5.41, 5.74) is 0. The van der Waals surface area contributed by atoms with Crippen LogP contribution in [0.2, 0.25) is 0 Å². The molecule has 0 bridgehead atoms. The van der Waals surface area contributed by atoms with Gasteiger partial charge in [0.25, 0.3) is 4.46 Å². The Bertz CT molecular complexity index is 103. The molecule has 0 aliphatic rings. The predicted octanol–water partition coefficient (Wildman–Crippen LogP) is 0.422. The lowest BCUT2D eigenvalue weighted by atomic mass is 10.6. The van der Waals surface area contributed by atoms with Crippen LogP contribution in [0.4, 0.5) is 0 Å². The molecule has 0 rings (SSSR count). The third-order valence-electron chi connectivity index (χ3n) is 0.583. The second-order valence-electron chi connectivity index (χ2n) is 1.13. The fraction of sp³-hybridized carbons (Fsp3) is 0.667. The number of likely N-dealkylation sites (N-methyl/N-ethyl adjacent to an activating group) is 1. The lowest BCUT2D eigenvalue weighted by molar-refractivity contribution is -0.138. The number of rotatable bonds is 2. The molecule has 0 heterocycles. The van der Waals surface area contributed by atoms with Crippen LogP contribution in [0.3, 0.4) is 0 Å². The highest BCUT2D eigenvalue weighted by atomic mass is 35.5. The summed E-state index contributed by atoms with van der Waals surface area (Å²) in [6.45, 7) is 0. The maximum Gasteiger partial charge on any atom is 0.355 e. The molecular weight excluding hydrogens is 153 g/mol. The summed E-state index contributed by atoms with van der Waals surface area (Å²) in [4.78, 5) is 9.93. The van der Waals surface area contributed by atoms with Crippen molar-refractivity contribution in [2.75, 3.05) is 7.05 Å². The fourth-order valence-electron chi connectivity index (χ4n) is 0.107. The highest BCUT2D eigenvalue weighted by molar-refractivity contribution is 6.56. The van der Waals surface area contributed by atoms with Gasteiger partial charge < -0.3 is 5.11 Å². The Labute approximate surface area is 56.6 Å². The van der Waals surface area contributed by atoms with Gasteiger partial charge in [-0.25, -0.2) is 4.79 Å². The molecule has 0 radical (unpaired) electrons. The van der Waals surface area contributed by atoms with Crippen molar-refractivity contribution in [2.45, 2.75) is 4.46 Å². The van der Waals surface area contributed by atoms with Gasteiger partial charge in [-0.1, -0.05) is 23.2 Å². The molecule has 2 N–H and O–H groups in total. The van der Waals surface area contributed by atoms with E-state index >= 15 is 0 Å². The monoisotopic (exact) mass is 157 g/mol. The van der Waals surface area contributed by atoms with Crippen molar-refractivity contribution in [3.63, 3.8) is 0 Å². The molecule has 0 aliphatic heterocycles. The fourth-order valence-corrected chi connectivity index (χ4v) is 0.107. The number of alkyl halides is 2. The number of hydrogen-bond donors (Lipinski definition) is 2. The molecule has 8 heavy (non-hydrogen) atoms. The zero-order chi connectivity index (χ0) is 6.78. The molecule has 0 aliphatic carbocycles. The Morgan fingerprint density at radius 1 is 1.75 bits per heavy atom. The van der Waals surface area contributed by atoms with E-state index in [-0.39, 0.29) is 0 Å². The van der Waals surface area contributed by atoms with E-state index < -0.39 is 10.4 Å². The average Bonchev–Trinajstić information content (AvgIpc) is 1.67. The summed E-state index contributed by atoms with van der Waals surface area (Å²) < 4.78 is -1.85. The third kappa shape index (κ3) is 1.86. The first-order valence-corrected chi connectivity index (χ1v) is 2.56. The summed E-state index contributed by atoms with van der Waals surface area (Å²) in [7, 11) is 1.36. The smallest absolute Gasteiger partial charge is 0.355 e. The molecule has 48 valence electrons. The van der Waals surface area contributed by atoms with E-state index in [1.807, 2.05) is 0 Å². The van der Waals surface area contributed by atoms with Crippen molar-refractivity contribution in [2.24, 2.45) is 0 Å². The van der Waals surface area contributed by atoms with Crippen LogP contribution >= 0.6 is 23.2 Å². The van der Waals surface area contributed by atoms with E-state index in [4.69, 9.17) is 28.3 Å². The maximum absolute atomic E-state index is 9.93. The predicted molar refractivity (Wildman–Crippen MR) is 31.1 cm³/mol. The number of carboxylic acid groups (broad SMARTS) is 1. The van der Waals surface area contributed by atoms with Crippen LogP contribution in [0.5, 0.6) is 0 Å². The molecule has 0 aromatic rings. The highest BCUT2D eigenvalue weighted by Gasteiger charge is 2.30. The first kappa shape index (κ1) is 8.01. The molecule has 0 saturated heterocycles. The largest absolute Gasteiger partial charge is 0.478 e. The van der Waals surface area contributed by atoms with Gasteiger partial charge >= 0.3 is 5.97 Å². The molecular formula is C3H5Cl2NO2. The van der Waals surface area contributed by atoms with Crippen molar-refractivity contribution in [1.82, 2.24) is 5.32 Å². The Morgan fingerprint density at radius 2 is 2.12 bits per heavy atom. The van der Waals surface area contributed by atoms with Crippen molar-refractivity contribution in [1.29, 1.82) is 0 Å². The molecule has 0 fully saturated rings. The topological polar surface area (TPSA) is 49.3 Å². The molecule has 0 aromatic carbocycles. The summed E-state index contributed by atoms with van der Waals surface area (Å²) in [5, 5.41) is 10.3. The number of aliphatic carboxylic acids is 1. The minimum atomic E-state index is -1.85.